The van der Waals surface area contributed by atoms with Crippen molar-refractivity contribution in [3.8, 4) is 0 Å². The number of likely N-dealkylation sites (tertiary alicyclic amines) is 1. The minimum Gasteiger partial charge on any atom is -0.338 e. The normalized spacial score (nSPS) is 19.0. The number of amides is 2. The smallest absolute Gasteiger partial charge is 0.263 e. The maximum absolute atomic E-state index is 13.3. The molecule has 0 bridgehead atoms. The van der Waals surface area contributed by atoms with E-state index in [0.29, 0.717) is 12.8 Å². The Labute approximate surface area is 160 Å². The number of halogens is 2. The summed E-state index contributed by atoms with van der Waals surface area (Å²) in [5.74, 6) is -1.88. The first-order valence-corrected chi connectivity index (χ1v) is 9.99. The highest BCUT2D eigenvalue weighted by Crippen LogP contribution is 2.34. The molecule has 1 saturated heterocycles. The lowest BCUT2D eigenvalue weighted by Gasteiger charge is -2.21. The summed E-state index contributed by atoms with van der Waals surface area (Å²) < 4.78 is 26.6. The van der Waals surface area contributed by atoms with Crippen molar-refractivity contribution >= 4 is 28.8 Å². The first kappa shape index (κ1) is 18.1. The van der Waals surface area contributed by atoms with Crippen molar-refractivity contribution in [2.45, 2.75) is 32.1 Å². The topological polar surface area (TPSA) is 49.4 Å². The number of hydrogen-bond acceptors (Lipinski definition) is 3. The number of aryl methyl sites for hydroxylation is 1. The Balaban J connectivity index is 1.44. The summed E-state index contributed by atoms with van der Waals surface area (Å²) in [7, 11) is 0. The van der Waals surface area contributed by atoms with Crippen LogP contribution in [0.2, 0.25) is 0 Å². The van der Waals surface area contributed by atoms with Crippen LogP contribution in [0.3, 0.4) is 0 Å². The van der Waals surface area contributed by atoms with Crippen LogP contribution in [0.1, 0.15) is 39.4 Å². The number of benzene rings is 1. The van der Waals surface area contributed by atoms with E-state index in [4.69, 9.17) is 0 Å². The molecule has 1 unspecified atom stereocenters. The molecule has 1 aliphatic heterocycles. The van der Waals surface area contributed by atoms with Gasteiger partial charge in [0.25, 0.3) is 5.91 Å². The van der Waals surface area contributed by atoms with Crippen molar-refractivity contribution < 1.29 is 18.4 Å². The third-order valence-electron chi connectivity index (χ3n) is 5.19. The molecule has 2 amide bonds. The van der Waals surface area contributed by atoms with Crippen LogP contribution in [-0.2, 0) is 17.6 Å². The lowest BCUT2D eigenvalue weighted by molar-refractivity contribution is -0.120. The van der Waals surface area contributed by atoms with E-state index in [0.717, 1.165) is 61.0 Å². The number of nitrogens with zero attached hydrogens (tertiary/aromatic N) is 1. The number of anilines is 1. The van der Waals surface area contributed by atoms with Crippen LogP contribution in [0.5, 0.6) is 0 Å². The van der Waals surface area contributed by atoms with E-state index in [2.05, 4.69) is 5.32 Å². The molecular weight excluding hydrogens is 370 g/mol. The van der Waals surface area contributed by atoms with Crippen LogP contribution in [0.4, 0.5) is 14.5 Å². The highest BCUT2D eigenvalue weighted by Gasteiger charge is 2.29. The fourth-order valence-electron chi connectivity index (χ4n) is 3.80. The van der Waals surface area contributed by atoms with Crippen LogP contribution < -0.4 is 5.32 Å². The summed E-state index contributed by atoms with van der Waals surface area (Å²) in [6, 6.07) is 4.90. The molecule has 27 heavy (non-hydrogen) atoms. The number of fused-ring (bicyclic) bond motifs is 1. The molecule has 1 aromatic heterocycles. The lowest BCUT2D eigenvalue weighted by atomic mass is 9.87. The van der Waals surface area contributed by atoms with Crippen LogP contribution in [-0.4, -0.2) is 29.8 Å². The van der Waals surface area contributed by atoms with Gasteiger partial charge in [0.15, 0.2) is 0 Å². The maximum Gasteiger partial charge on any atom is 0.263 e. The van der Waals surface area contributed by atoms with Gasteiger partial charge in [-0.25, -0.2) is 8.78 Å². The highest BCUT2D eigenvalue weighted by molar-refractivity contribution is 7.14. The minimum absolute atomic E-state index is 0.0862. The molecule has 1 N–H and O–H groups in total. The van der Waals surface area contributed by atoms with E-state index in [-0.39, 0.29) is 23.4 Å². The number of carbonyl (C=O) groups is 2. The average molecular weight is 390 g/mol. The van der Waals surface area contributed by atoms with Gasteiger partial charge >= 0.3 is 0 Å². The Morgan fingerprint density at radius 1 is 1.07 bits per heavy atom. The number of carbonyl (C=O) groups excluding carboxylic acids is 2. The van der Waals surface area contributed by atoms with Crippen molar-refractivity contribution in [2.75, 3.05) is 18.4 Å². The van der Waals surface area contributed by atoms with Crippen LogP contribution in [0, 0.1) is 17.6 Å². The maximum atomic E-state index is 13.3. The Morgan fingerprint density at radius 2 is 1.78 bits per heavy atom. The van der Waals surface area contributed by atoms with Gasteiger partial charge in [0.05, 0.1) is 4.88 Å². The van der Waals surface area contributed by atoms with Crippen molar-refractivity contribution in [1.82, 2.24) is 4.90 Å². The molecule has 0 radical (unpaired) electrons. The van der Waals surface area contributed by atoms with Gasteiger partial charge in [0.2, 0.25) is 5.91 Å². The molecule has 1 atom stereocenters. The summed E-state index contributed by atoms with van der Waals surface area (Å²) >= 11 is 1.53. The highest BCUT2D eigenvalue weighted by atomic mass is 32.1. The zero-order valence-corrected chi connectivity index (χ0v) is 15.6. The molecule has 0 saturated carbocycles. The second-order valence-corrected chi connectivity index (χ2v) is 8.28. The molecule has 1 aromatic carbocycles. The molecule has 4 nitrogen and oxygen atoms in total. The van der Waals surface area contributed by atoms with Gasteiger partial charge < -0.3 is 10.2 Å². The van der Waals surface area contributed by atoms with E-state index < -0.39 is 11.6 Å². The monoisotopic (exact) mass is 390 g/mol. The minimum atomic E-state index is -0.723. The van der Waals surface area contributed by atoms with Gasteiger partial charge in [-0.3, -0.25) is 9.59 Å². The predicted octanol–water partition coefficient (Wildman–Crippen LogP) is 4.01. The summed E-state index contributed by atoms with van der Waals surface area (Å²) in [4.78, 5) is 28.9. The molecule has 2 heterocycles. The van der Waals surface area contributed by atoms with Crippen LogP contribution in [0.25, 0.3) is 0 Å². The van der Waals surface area contributed by atoms with Crippen molar-refractivity contribution in [2.24, 2.45) is 5.92 Å². The molecule has 1 fully saturated rings. The Hall–Kier alpha value is -2.28. The molecule has 0 spiro atoms. The van der Waals surface area contributed by atoms with Gasteiger partial charge in [0.1, 0.15) is 11.6 Å². The lowest BCUT2D eigenvalue weighted by Crippen LogP contribution is -2.27. The SMILES string of the molecule is O=C(Nc1cc(F)cc(F)c1)C1CCc2sc(C(=O)N3CCCC3)cc2C1. The second-order valence-electron chi connectivity index (χ2n) is 7.15. The van der Waals surface area contributed by atoms with Crippen LogP contribution in [0.15, 0.2) is 24.3 Å². The predicted molar refractivity (Wildman–Crippen MR) is 100.0 cm³/mol. The largest absolute Gasteiger partial charge is 0.338 e. The summed E-state index contributed by atoms with van der Waals surface area (Å²) in [6.07, 6.45) is 4.06. The Kier molecular flexibility index (Phi) is 4.95. The third-order valence-corrected chi connectivity index (χ3v) is 6.41. The Bertz CT molecular complexity index is 870. The van der Waals surface area contributed by atoms with E-state index in [1.54, 1.807) is 0 Å². The zero-order chi connectivity index (χ0) is 19.0. The molecular formula is C20H20F2N2O2S. The van der Waals surface area contributed by atoms with Gasteiger partial charge in [-0.15, -0.1) is 11.3 Å². The van der Waals surface area contributed by atoms with Gasteiger partial charge in [-0.1, -0.05) is 0 Å². The molecule has 1 aliphatic carbocycles. The van der Waals surface area contributed by atoms with E-state index in [1.807, 2.05) is 11.0 Å². The molecule has 7 heteroatoms. The fraction of sp³-hybridized carbons (Fsp3) is 0.400. The summed E-state index contributed by atoms with van der Waals surface area (Å²) in [6.45, 7) is 1.63. The van der Waals surface area contributed by atoms with E-state index >= 15 is 0 Å². The zero-order valence-electron chi connectivity index (χ0n) is 14.8. The van der Waals surface area contributed by atoms with E-state index in [1.165, 1.54) is 16.2 Å². The van der Waals surface area contributed by atoms with Crippen molar-refractivity contribution in [3.63, 3.8) is 0 Å². The molecule has 2 aliphatic rings. The van der Waals surface area contributed by atoms with Gasteiger partial charge in [-0.05, 0) is 55.9 Å². The summed E-state index contributed by atoms with van der Waals surface area (Å²) in [5, 5.41) is 2.61. The van der Waals surface area contributed by atoms with Crippen LogP contribution >= 0.6 is 11.3 Å². The first-order chi connectivity index (χ1) is 13.0. The molecule has 2 aromatic rings. The quantitative estimate of drug-likeness (QED) is 0.861. The summed E-state index contributed by atoms with van der Waals surface area (Å²) in [5.41, 5.74) is 1.16. The fourth-order valence-corrected chi connectivity index (χ4v) is 4.98. The van der Waals surface area contributed by atoms with Crippen molar-refractivity contribution in [1.29, 1.82) is 0 Å². The Morgan fingerprint density at radius 3 is 2.48 bits per heavy atom. The van der Waals surface area contributed by atoms with Gasteiger partial charge in [0, 0.05) is 35.6 Å². The number of thiophene rings is 1. The number of hydrogen-bond donors (Lipinski definition) is 1. The van der Waals surface area contributed by atoms with E-state index in [9.17, 15) is 18.4 Å². The number of rotatable bonds is 3. The van der Waals surface area contributed by atoms with Gasteiger partial charge in [-0.2, -0.15) is 0 Å². The molecule has 4 rings (SSSR count). The second kappa shape index (κ2) is 7.38. The van der Waals surface area contributed by atoms with Crippen molar-refractivity contribution in [3.05, 3.63) is 51.2 Å². The standard InChI is InChI=1S/C20H20F2N2O2S/c21-14-9-15(22)11-16(10-14)23-19(25)12-3-4-17-13(7-12)8-18(27-17)20(26)24-5-1-2-6-24/h8-12H,1-7H2,(H,23,25). The molecule has 142 valence electrons. The first-order valence-electron chi connectivity index (χ1n) is 9.17. The number of nitrogens with one attached hydrogen (secondary N) is 1. The average Bonchev–Trinajstić information content (AvgIpc) is 3.29. The third kappa shape index (κ3) is 3.88.